The molecule has 5 heteroatoms. The number of hydrogen-bond acceptors (Lipinski definition) is 4. The lowest BCUT2D eigenvalue weighted by Gasteiger charge is -2.16. The monoisotopic (exact) mass is 324 g/mol. The smallest absolute Gasteiger partial charge is 0.308 e. The van der Waals surface area contributed by atoms with E-state index in [0.717, 1.165) is 0 Å². The molecule has 0 atom stereocenters. The number of phenolic OH excluding ortho intramolecular Hbond substituents is 2. The molecule has 0 radical (unpaired) electrons. The zero-order chi connectivity index (χ0) is 16.0. The average molecular weight is 324 g/mol. The zero-order valence-electron chi connectivity index (χ0n) is 12.0. The average Bonchev–Trinajstić information content (AvgIpc) is 2.77. The van der Waals surface area contributed by atoms with Crippen molar-refractivity contribution in [3.05, 3.63) is 66.7 Å². The number of phenols is 2. The summed E-state index contributed by atoms with van der Waals surface area (Å²) in [5.74, 6) is 0.660. The lowest BCUT2D eigenvalue weighted by molar-refractivity contribution is 0.474. The number of hydrogen-bond donors (Lipinski definition) is 2. The van der Waals surface area contributed by atoms with Gasteiger partial charge in [-0.2, -0.15) is 0 Å². The number of fused-ring (bicyclic) bond motifs is 3. The molecule has 0 aromatic heterocycles. The summed E-state index contributed by atoms with van der Waals surface area (Å²) in [6.45, 7) is 0. The van der Waals surface area contributed by atoms with Crippen LogP contribution in [0.3, 0.4) is 0 Å². The topological polar surface area (TPSA) is 66.8 Å². The number of benzene rings is 3. The second-order valence-corrected chi connectivity index (χ2v) is 7.61. The maximum Gasteiger partial charge on any atom is 0.308 e. The highest BCUT2D eigenvalue weighted by molar-refractivity contribution is 7.76. The lowest BCUT2D eigenvalue weighted by Crippen LogP contribution is -2.14. The molecular formula is C18H13O4P. The maximum absolute atomic E-state index is 13.7. The number of rotatable bonds is 2. The number of para-hydroxylation sites is 1. The summed E-state index contributed by atoms with van der Waals surface area (Å²) in [6, 6.07) is 18.3. The first-order valence-electron chi connectivity index (χ1n) is 7.10. The fourth-order valence-electron chi connectivity index (χ4n) is 2.85. The molecule has 0 spiro atoms. The molecule has 0 saturated heterocycles. The minimum atomic E-state index is -3.33. The molecule has 0 aliphatic carbocycles. The van der Waals surface area contributed by atoms with E-state index in [1.807, 2.05) is 18.2 Å². The molecule has 0 saturated carbocycles. The molecule has 1 aliphatic rings. The maximum atomic E-state index is 13.7. The van der Waals surface area contributed by atoms with Gasteiger partial charge in [0.25, 0.3) is 0 Å². The van der Waals surface area contributed by atoms with Gasteiger partial charge in [-0.05, 0) is 48.5 Å². The summed E-state index contributed by atoms with van der Waals surface area (Å²) in [5, 5.41) is 20.6. The molecule has 114 valence electrons. The van der Waals surface area contributed by atoms with Crippen LogP contribution in [0.4, 0.5) is 0 Å². The van der Waals surface area contributed by atoms with Crippen LogP contribution in [-0.2, 0) is 4.57 Å². The molecule has 0 unspecified atom stereocenters. The quantitative estimate of drug-likeness (QED) is 0.709. The minimum absolute atomic E-state index is 0.0752. The van der Waals surface area contributed by atoms with Crippen LogP contribution in [0.5, 0.6) is 17.2 Å². The van der Waals surface area contributed by atoms with Crippen LogP contribution >= 0.6 is 7.37 Å². The molecule has 23 heavy (non-hydrogen) atoms. The molecule has 2 N–H and O–H groups in total. The van der Waals surface area contributed by atoms with E-state index in [0.29, 0.717) is 27.5 Å². The van der Waals surface area contributed by atoms with Crippen LogP contribution in [0.1, 0.15) is 0 Å². The van der Waals surface area contributed by atoms with E-state index in [-0.39, 0.29) is 11.5 Å². The number of aromatic hydroxyl groups is 2. The normalized spacial score (nSPS) is 14.1. The molecule has 3 aromatic rings. The first-order chi connectivity index (χ1) is 11.1. The van der Waals surface area contributed by atoms with Crippen LogP contribution in [0.2, 0.25) is 0 Å². The third-order valence-electron chi connectivity index (χ3n) is 3.86. The van der Waals surface area contributed by atoms with Crippen LogP contribution in [0.25, 0.3) is 11.1 Å². The zero-order valence-corrected chi connectivity index (χ0v) is 12.9. The van der Waals surface area contributed by atoms with Crippen molar-refractivity contribution in [1.82, 2.24) is 0 Å². The lowest BCUT2D eigenvalue weighted by atomic mass is 10.1. The molecule has 3 aromatic carbocycles. The van der Waals surface area contributed by atoms with E-state index in [1.54, 1.807) is 36.4 Å². The molecule has 0 fully saturated rings. The Morgan fingerprint density at radius 1 is 0.739 bits per heavy atom. The molecule has 0 bridgehead atoms. The first-order valence-corrected chi connectivity index (χ1v) is 8.73. The Balaban J connectivity index is 1.96. The third kappa shape index (κ3) is 2.11. The highest BCUT2D eigenvalue weighted by Gasteiger charge is 2.41. The van der Waals surface area contributed by atoms with Gasteiger partial charge < -0.3 is 14.7 Å². The van der Waals surface area contributed by atoms with Crippen LogP contribution in [-0.4, -0.2) is 10.2 Å². The van der Waals surface area contributed by atoms with E-state index >= 15 is 0 Å². The Labute approximate surface area is 133 Å². The van der Waals surface area contributed by atoms with E-state index in [9.17, 15) is 14.8 Å². The Morgan fingerprint density at radius 2 is 1.26 bits per heavy atom. The molecule has 0 amide bonds. The second kappa shape index (κ2) is 4.90. The van der Waals surface area contributed by atoms with Gasteiger partial charge in [-0.3, -0.25) is 4.57 Å². The Kier molecular flexibility index (Phi) is 2.97. The van der Waals surface area contributed by atoms with Crippen molar-refractivity contribution in [2.24, 2.45) is 0 Å². The third-order valence-corrected chi connectivity index (χ3v) is 6.38. The van der Waals surface area contributed by atoms with E-state index < -0.39 is 7.37 Å². The molecule has 4 nitrogen and oxygen atoms in total. The van der Waals surface area contributed by atoms with Gasteiger partial charge >= 0.3 is 7.37 Å². The van der Waals surface area contributed by atoms with E-state index in [1.165, 1.54) is 12.1 Å². The summed E-state index contributed by atoms with van der Waals surface area (Å²) in [7, 11) is -3.33. The first kappa shape index (κ1) is 13.9. The Bertz CT molecular complexity index is 895. The van der Waals surface area contributed by atoms with Crippen molar-refractivity contribution in [2.75, 3.05) is 0 Å². The molecular weight excluding hydrogens is 311 g/mol. The van der Waals surface area contributed by atoms with Crippen LogP contribution < -0.4 is 15.1 Å². The van der Waals surface area contributed by atoms with Gasteiger partial charge in [-0.25, -0.2) is 0 Å². The largest absolute Gasteiger partial charge is 0.508 e. The van der Waals surface area contributed by atoms with Crippen molar-refractivity contribution in [3.8, 4) is 28.4 Å². The van der Waals surface area contributed by atoms with Gasteiger partial charge in [0.2, 0.25) is 0 Å². The van der Waals surface area contributed by atoms with Gasteiger partial charge in [0.15, 0.2) is 0 Å². The molecule has 1 aliphatic heterocycles. The van der Waals surface area contributed by atoms with E-state index in [2.05, 4.69) is 0 Å². The van der Waals surface area contributed by atoms with Gasteiger partial charge in [-0.15, -0.1) is 0 Å². The van der Waals surface area contributed by atoms with Gasteiger partial charge in [0.1, 0.15) is 17.2 Å². The van der Waals surface area contributed by atoms with Crippen molar-refractivity contribution >= 4 is 18.0 Å². The van der Waals surface area contributed by atoms with Gasteiger partial charge in [0.05, 0.1) is 10.6 Å². The summed E-state index contributed by atoms with van der Waals surface area (Å²) in [6.07, 6.45) is 0. The summed E-state index contributed by atoms with van der Waals surface area (Å²) >= 11 is 0. The predicted molar refractivity (Wildman–Crippen MR) is 89.2 cm³/mol. The van der Waals surface area contributed by atoms with Crippen molar-refractivity contribution in [2.45, 2.75) is 0 Å². The Morgan fingerprint density at radius 3 is 1.78 bits per heavy atom. The highest BCUT2D eigenvalue weighted by atomic mass is 31.2. The van der Waals surface area contributed by atoms with Crippen molar-refractivity contribution in [1.29, 1.82) is 0 Å². The van der Waals surface area contributed by atoms with Crippen LogP contribution in [0, 0.1) is 0 Å². The van der Waals surface area contributed by atoms with Crippen molar-refractivity contribution < 1.29 is 19.3 Å². The fourth-order valence-corrected chi connectivity index (χ4v) is 5.27. The fraction of sp³-hybridized carbons (Fsp3) is 0. The summed E-state index contributed by atoms with van der Waals surface area (Å²) < 4.78 is 19.6. The van der Waals surface area contributed by atoms with Gasteiger partial charge in [0, 0.05) is 11.1 Å². The minimum Gasteiger partial charge on any atom is -0.508 e. The predicted octanol–water partition coefficient (Wildman–Crippen LogP) is 3.39. The standard InChI is InChI=1S/C18H13O4P/c19-12-6-8-17-15(10-12)16-11-13(20)7-9-18(16)23(17,21)22-14-4-2-1-3-5-14/h1-11,19-20H. The van der Waals surface area contributed by atoms with Crippen LogP contribution in [0.15, 0.2) is 66.7 Å². The molecule has 1 heterocycles. The summed E-state index contributed by atoms with van der Waals surface area (Å²) in [4.78, 5) is 0. The van der Waals surface area contributed by atoms with Gasteiger partial charge in [-0.1, -0.05) is 18.2 Å². The highest BCUT2D eigenvalue weighted by Crippen LogP contribution is 2.54. The Hall–Kier alpha value is -2.71. The molecule has 4 rings (SSSR count). The van der Waals surface area contributed by atoms with Crippen molar-refractivity contribution in [3.63, 3.8) is 0 Å². The summed E-state index contributed by atoms with van der Waals surface area (Å²) in [5.41, 5.74) is 1.24. The second-order valence-electron chi connectivity index (χ2n) is 5.36. The SMILES string of the molecule is O=P1(Oc2ccccc2)c2ccc(O)cc2-c2cc(O)ccc21. The van der Waals surface area contributed by atoms with E-state index in [4.69, 9.17) is 4.52 Å².